The molecule has 2 rings (SSSR count). The molecule has 1 fully saturated rings. The van der Waals surface area contributed by atoms with Crippen LogP contribution in [-0.2, 0) is 0 Å². The highest BCUT2D eigenvalue weighted by Gasteiger charge is 2.29. The fourth-order valence-corrected chi connectivity index (χ4v) is 2.72. The van der Waals surface area contributed by atoms with Crippen LogP contribution in [0.2, 0.25) is 0 Å². The van der Waals surface area contributed by atoms with Gasteiger partial charge < -0.3 is 15.5 Å². The van der Waals surface area contributed by atoms with Gasteiger partial charge in [0.2, 0.25) is 5.96 Å². The van der Waals surface area contributed by atoms with Crippen LogP contribution in [0.5, 0.6) is 0 Å². The number of piperidine rings is 1. The minimum atomic E-state index is -0.802. The highest BCUT2D eigenvalue weighted by atomic mass is 19.1. The Morgan fingerprint density at radius 3 is 3.14 bits per heavy atom. The van der Waals surface area contributed by atoms with Gasteiger partial charge in [0, 0.05) is 18.9 Å². The Kier molecular flexibility index (Phi) is 5.57. The summed E-state index contributed by atoms with van der Waals surface area (Å²) in [5, 5.41) is 0. The van der Waals surface area contributed by atoms with E-state index in [4.69, 9.17) is 10.7 Å². The molecule has 0 aromatic heterocycles. The third-order valence-electron chi connectivity index (χ3n) is 4.02. The first kappa shape index (κ1) is 16.5. The van der Waals surface area contributed by atoms with Crippen LogP contribution in [0.25, 0.3) is 0 Å². The molecule has 0 spiro atoms. The summed E-state index contributed by atoms with van der Waals surface area (Å²) in [7, 11) is 0. The molecular weight excluding hydrogens is 281 g/mol. The van der Waals surface area contributed by atoms with Crippen molar-refractivity contribution in [2.45, 2.75) is 51.4 Å². The molecule has 0 aliphatic carbocycles. The Morgan fingerprint density at radius 2 is 2.45 bits per heavy atom. The molecule has 22 heavy (non-hydrogen) atoms. The van der Waals surface area contributed by atoms with Gasteiger partial charge in [0.25, 0.3) is 0 Å². The molecule has 2 aliphatic heterocycles. The van der Waals surface area contributed by atoms with Crippen molar-refractivity contribution in [2.75, 3.05) is 13.1 Å². The quantitative estimate of drug-likeness (QED) is 0.494. The van der Waals surface area contributed by atoms with Crippen LogP contribution in [0.3, 0.4) is 0 Å². The second-order valence-electron chi connectivity index (χ2n) is 5.92. The van der Waals surface area contributed by atoms with E-state index in [0.717, 1.165) is 25.3 Å². The lowest BCUT2D eigenvalue weighted by Gasteiger charge is -2.39. The first-order valence-electron chi connectivity index (χ1n) is 7.88. The lowest BCUT2D eigenvalue weighted by Crippen LogP contribution is -2.53. The molecule has 5 nitrogen and oxygen atoms in total. The zero-order chi connectivity index (χ0) is 16.1. The van der Waals surface area contributed by atoms with Gasteiger partial charge in [-0.05, 0) is 33.1 Å². The Morgan fingerprint density at radius 1 is 1.68 bits per heavy atom. The molecule has 1 saturated heterocycles. The molecule has 2 heterocycles. The van der Waals surface area contributed by atoms with Crippen molar-refractivity contribution in [3.63, 3.8) is 0 Å². The number of alkyl halides is 1. The Labute approximate surface area is 132 Å². The molecule has 2 N–H and O–H groups in total. The lowest BCUT2D eigenvalue weighted by atomic mass is 10.1. The topological polar surface area (TPSA) is 57.2 Å². The number of halogens is 1. The number of guanidine groups is 1. The molecule has 3 atom stereocenters. The molecule has 0 aromatic carbocycles. The normalized spacial score (nSPS) is 27.6. The summed E-state index contributed by atoms with van der Waals surface area (Å²) >= 11 is 0. The van der Waals surface area contributed by atoms with Crippen LogP contribution in [0, 0.1) is 0 Å². The van der Waals surface area contributed by atoms with Crippen molar-refractivity contribution in [3.05, 3.63) is 25.1 Å². The average molecular weight is 307 g/mol. The summed E-state index contributed by atoms with van der Waals surface area (Å²) in [5.41, 5.74) is 5.95. The molecule has 0 radical (unpaired) electrons. The van der Waals surface area contributed by atoms with Crippen LogP contribution < -0.4 is 5.73 Å². The standard InChI is InChI=1S/C16H26FN5/c1-4-6-12(2)20-16(21-9-5-7-14(17)11-21)22-10-8-19-15(18)13(22)3/h4,8,10,12-14H,1,5-7,9,11H2,2-3H3,(H2,18,19)/t12-,13?,14?/m1/s1. The fraction of sp³-hybridized carbons (Fsp3) is 0.625. The third kappa shape index (κ3) is 3.87. The highest BCUT2D eigenvalue weighted by molar-refractivity contribution is 5.93. The van der Waals surface area contributed by atoms with Crippen molar-refractivity contribution in [2.24, 2.45) is 15.7 Å². The van der Waals surface area contributed by atoms with Crippen LogP contribution in [0.15, 0.2) is 35.0 Å². The molecule has 122 valence electrons. The maximum atomic E-state index is 13.8. The van der Waals surface area contributed by atoms with Gasteiger partial charge in [0.1, 0.15) is 12.0 Å². The van der Waals surface area contributed by atoms with Crippen molar-refractivity contribution in [1.82, 2.24) is 9.80 Å². The smallest absolute Gasteiger partial charge is 0.201 e. The molecule has 0 saturated carbocycles. The Hall–Kier alpha value is -1.85. The number of likely N-dealkylation sites (tertiary alicyclic amines) is 1. The second-order valence-corrected chi connectivity index (χ2v) is 5.92. The number of amidine groups is 1. The third-order valence-corrected chi connectivity index (χ3v) is 4.02. The van der Waals surface area contributed by atoms with E-state index >= 15 is 0 Å². The van der Waals surface area contributed by atoms with E-state index in [0.29, 0.717) is 18.8 Å². The van der Waals surface area contributed by atoms with Gasteiger partial charge in [-0.15, -0.1) is 6.58 Å². The second kappa shape index (κ2) is 7.42. The van der Waals surface area contributed by atoms with E-state index in [2.05, 4.69) is 11.6 Å². The maximum absolute atomic E-state index is 13.8. The number of hydrogen-bond acceptors (Lipinski definition) is 3. The van der Waals surface area contributed by atoms with Crippen molar-refractivity contribution >= 4 is 11.8 Å². The van der Waals surface area contributed by atoms with E-state index in [9.17, 15) is 4.39 Å². The predicted molar refractivity (Wildman–Crippen MR) is 89.5 cm³/mol. The van der Waals surface area contributed by atoms with Crippen molar-refractivity contribution < 1.29 is 4.39 Å². The average Bonchev–Trinajstić information content (AvgIpc) is 2.48. The van der Waals surface area contributed by atoms with Crippen LogP contribution in [0.1, 0.15) is 33.1 Å². The van der Waals surface area contributed by atoms with Gasteiger partial charge in [-0.2, -0.15) is 0 Å². The van der Waals surface area contributed by atoms with Crippen molar-refractivity contribution in [3.8, 4) is 0 Å². The number of rotatable bonds is 3. The minimum Gasteiger partial charge on any atom is -0.385 e. The molecule has 0 bridgehead atoms. The summed E-state index contributed by atoms with van der Waals surface area (Å²) in [6.45, 7) is 8.97. The summed E-state index contributed by atoms with van der Waals surface area (Å²) in [5.74, 6) is 1.32. The summed E-state index contributed by atoms with van der Waals surface area (Å²) < 4.78 is 13.8. The number of hydrogen-bond donors (Lipinski definition) is 1. The first-order valence-corrected chi connectivity index (χ1v) is 7.88. The molecule has 0 amide bonds. The van der Waals surface area contributed by atoms with Crippen molar-refractivity contribution in [1.29, 1.82) is 0 Å². The van der Waals surface area contributed by atoms with Gasteiger partial charge in [-0.1, -0.05) is 6.08 Å². The van der Waals surface area contributed by atoms with Gasteiger partial charge in [0.05, 0.1) is 18.6 Å². The largest absolute Gasteiger partial charge is 0.385 e. The minimum absolute atomic E-state index is 0.0836. The summed E-state index contributed by atoms with van der Waals surface area (Å²) in [4.78, 5) is 12.9. The highest BCUT2D eigenvalue weighted by Crippen LogP contribution is 2.19. The molecule has 2 unspecified atom stereocenters. The molecule has 0 aromatic rings. The number of aliphatic imine (C=N–C) groups is 2. The van der Waals surface area contributed by atoms with Gasteiger partial charge in [0.15, 0.2) is 0 Å². The summed E-state index contributed by atoms with van der Waals surface area (Å²) in [6, 6.07) is 0.00727. The molecule has 2 aliphatic rings. The zero-order valence-electron chi connectivity index (χ0n) is 13.5. The van der Waals surface area contributed by atoms with Gasteiger partial charge >= 0.3 is 0 Å². The van der Waals surface area contributed by atoms with E-state index in [1.54, 1.807) is 6.20 Å². The van der Waals surface area contributed by atoms with Crippen LogP contribution >= 0.6 is 0 Å². The number of nitrogens with zero attached hydrogens (tertiary/aromatic N) is 4. The monoisotopic (exact) mass is 307 g/mol. The van der Waals surface area contributed by atoms with E-state index < -0.39 is 6.17 Å². The summed E-state index contributed by atoms with van der Waals surface area (Å²) in [6.07, 6.45) is 6.83. The van der Waals surface area contributed by atoms with E-state index in [1.807, 2.05) is 35.9 Å². The maximum Gasteiger partial charge on any atom is 0.201 e. The molecular formula is C16H26FN5. The Balaban J connectivity index is 2.27. The number of nitrogens with two attached hydrogens (primary N) is 1. The fourth-order valence-electron chi connectivity index (χ4n) is 2.72. The zero-order valence-corrected chi connectivity index (χ0v) is 13.5. The lowest BCUT2D eigenvalue weighted by molar-refractivity contribution is 0.182. The SMILES string of the molecule is C=CC[C@@H](C)N=C(N1CCCC(F)C1)N1C=CN=C(N)C1C. The van der Waals surface area contributed by atoms with Crippen LogP contribution in [0.4, 0.5) is 4.39 Å². The van der Waals surface area contributed by atoms with Crippen LogP contribution in [-0.4, -0.2) is 52.9 Å². The van der Waals surface area contributed by atoms with E-state index in [-0.39, 0.29) is 12.1 Å². The van der Waals surface area contributed by atoms with E-state index in [1.165, 1.54) is 0 Å². The molecule has 6 heteroatoms. The van der Waals surface area contributed by atoms with Gasteiger partial charge in [-0.3, -0.25) is 0 Å². The first-order chi connectivity index (χ1) is 10.5. The predicted octanol–water partition coefficient (Wildman–Crippen LogP) is 2.27. The Bertz CT molecular complexity index is 485. The van der Waals surface area contributed by atoms with Gasteiger partial charge in [-0.25, -0.2) is 14.4 Å².